The van der Waals surface area contributed by atoms with Crippen molar-refractivity contribution in [3.8, 4) is 0 Å². The lowest BCUT2D eigenvalue weighted by Gasteiger charge is -2.27. The third-order valence-corrected chi connectivity index (χ3v) is 3.08. The molecule has 0 aliphatic carbocycles. The van der Waals surface area contributed by atoms with Crippen LogP contribution in [0.25, 0.3) is 0 Å². The van der Waals surface area contributed by atoms with Gasteiger partial charge in [-0.25, -0.2) is 5.06 Å². The van der Waals surface area contributed by atoms with E-state index in [0.29, 0.717) is 11.5 Å². The lowest BCUT2D eigenvalue weighted by molar-refractivity contribution is -0.169. The molecule has 0 aromatic carbocycles. The van der Waals surface area contributed by atoms with Crippen molar-refractivity contribution in [2.45, 2.75) is 18.5 Å². The molecule has 1 rings (SSSR count). The highest BCUT2D eigenvalue weighted by molar-refractivity contribution is 7.53. The van der Waals surface area contributed by atoms with Crippen LogP contribution < -0.4 is 0 Å². The van der Waals surface area contributed by atoms with Gasteiger partial charge in [-0.1, -0.05) is 0 Å². The van der Waals surface area contributed by atoms with E-state index in [9.17, 15) is 9.36 Å². The van der Waals surface area contributed by atoms with Gasteiger partial charge in [0.05, 0.1) is 0 Å². The Morgan fingerprint density at radius 1 is 1.50 bits per heavy atom. The number of amides is 1. The van der Waals surface area contributed by atoms with E-state index >= 15 is 0 Å². The number of hydrogen-bond acceptors (Lipinski definition) is 3. The third-order valence-electron chi connectivity index (χ3n) is 1.79. The van der Waals surface area contributed by atoms with Gasteiger partial charge in [0.1, 0.15) is 5.66 Å². The number of hydrogen-bond donors (Lipinski definition) is 3. The second-order valence-corrected chi connectivity index (χ2v) is 4.51. The van der Waals surface area contributed by atoms with E-state index in [-0.39, 0.29) is 13.0 Å². The van der Waals surface area contributed by atoms with Crippen molar-refractivity contribution < 1.29 is 24.4 Å². The van der Waals surface area contributed by atoms with Gasteiger partial charge in [-0.05, 0) is 12.8 Å². The second kappa shape index (κ2) is 3.14. The van der Waals surface area contributed by atoms with Gasteiger partial charge >= 0.3 is 7.60 Å². The molecule has 1 unspecified atom stereocenters. The van der Waals surface area contributed by atoms with Crippen molar-refractivity contribution in [1.82, 2.24) is 5.06 Å². The van der Waals surface area contributed by atoms with Gasteiger partial charge < -0.3 is 9.79 Å². The van der Waals surface area contributed by atoms with Crippen LogP contribution in [0.3, 0.4) is 0 Å². The zero-order valence-electron chi connectivity index (χ0n) is 6.25. The predicted octanol–water partition coefficient (Wildman–Crippen LogP) is -0.456. The lowest BCUT2D eigenvalue weighted by Crippen LogP contribution is -2.41. The van der Waals surface area contributed by atoms with E-state index in [4.69, 9.17) is 15.0 Å². The summed E-state index contributed by atoms with van der Waals surface area (Å²) in [5.74, 6) is -0.880. The van der Waals surface area contributed by atoms with E-state index in [2.05, 4.69) is 0 Å². The molecule has 1 aliphatic heterocycles. The maximum Gasteiger partial charge on any atom is 0.338 e. The minimum atomic E-state index is -4.39. The first-order valence-corrected chi connectivity index (χ1v) is 5.16. The normalized spacial score (nSPS) is 26.1. The zero-order chi connectivity index (χ0) is 9.35. The fourth-order valence-corrected chi connectivity index (χ4v) is 2.09. The molecule has 1 saturated heterocycles. The number of piperidine rings is 1. The number of hydroxylamine groups is 2. The van der Waals surface area contributed by atoms with E-state index < -0.39 is 19.2 Å². The fraction of sp³-hybridized carbons (Fsp3) is 0.800. The Bertz CT molecular complexity index is 236. The van der Waals surface area contributed by atoms with Crippen molar-refractivity contribution in [1.29, 1.82) is 0 Å². The largest absolute Gasteiger partial charge is 0.338 e. The summed E-state index contributed by atoms with van der Waals surface area (Å²) in [7, 11) is -4.39. The Hall–Kier alpha value is -0.420. The molecule has 0 saturated carbocycles. The van der Waals surface area contributed by atoms with Crippen LogP contribution in [0, 0.1) is 0 Å². The van der Waals surface area contributed by atoms with E-state index in [1.54, 1.807) is 0 Å². The maximum atomic E-state index is 11.0. The summed E-state index contributed by atoms with van der Waals surface area (Å²) < 4.78 is 10.7. The van der Waals surface area contributed by atoms with Crippen LogP contribution in [-0.2, 0) is 9.36 Å². The summed E-state index contributed by atoms with van der Waals surface area (Å²) in [6.45, 7) is 0.148. The van der Waals surface area contributed by atoms with Gasteiger partial charge in [0.25, 0.3) is 5.91 Å². The monoisotopic (exact) mass is 195 g/mol. The van der Waals surface area contributed by atoms with Crippen LogP contribution in [0.1, 0.15) is 12.8 Å². The van der Waals surface area contributed by atoms with Crippen LogP contribution >= 0.6 is 7.60 Å². The predicted molar refractivity (Wildman–Crippen MR) is 38.6 cm³/mol. The van der Waals surface area contributed by atoms with E-state index in [0.717, 1.165) is 0 Å². The van der Waals surface area contributed by atoms with Crippen molar-refractivity contribution in [3.05, 3.63) is 0 Å². The molecule has 1 atom stereocenters. The first-order valence-electron chi connectivity index (χ1n) is 3.48. The molecular formula is C5H10NO5P. The van der Waals surface area contributed by atoms with Gasteiger partial charge in [0.15, 0.2) is 0 Å². The Balaban J connectivity index is 2.78. The van der Waals surface area contributed by atoms with Crippen LogP contribution in [0.2, 0.25) is 0 Å². The molecule has 7 heteroatoms. The molecule has 12 heavy (non-hydrogen) atoms. The van der Waals surface area contributed by atoms with Crippen LogP contribution in [-0.4, -0.2) is 38.2 Å². The number of nitrogens with zero attached hydrogens (tertiary/aromatic N) is 1. The molecular weight excluding hydrogens is 185 g/mol. The molecule has 6 nitrogen and oxygen atoms in total. The molecule has 1 amide bonds. The Labute approximate surface area is 68.9 Å². The van der Waals surface area contributed by atoms with Gasteiger partial charge in [0, 0.05) is 6.54 Å². The highest BCUT2D eigenvalue weighted by Gasteiger charge is 2.40. The molecule has 0 aromatic rings. The maximum absolute atomic E-state index is 11.0. The van der Waals surface area contributed by atoms with Crippen molar-refractivity contribution >= 4 is 13.5 Å². The molecule has 0 bridgehead atoms. The molecule has 1 aliphatic rings. The third kappa shape index (κ3) is 1.84. The topological polar surface area (TPSA) is 98.1 Å². The highest BCUT2D eigenvalue weighted by Crippen LogP contribution is 2.45. The van der Waals surface area contributed by atoms with Crippen LogP contribution in [0.5, 0.6) is 0 Å². The van der Waals surface area contributed by atoms with Gasteiger partial charge in [-0.2, -0.15) is 0 Å². The average molecular weight is 195 g/mol. The molecule has 70 valence electrons. The molecule has 1 heterocycles. The minimum absolute atomic E-state index is 0.139. The average Bonchev–Trinajstić information content (AvgIpc) is 1.92. The Morgan fingerprint density at radius 3 is 2.50 bits per heavy atom. The Morgan fingerprint density at radius 2 is 2.08 bits per heavy atom. The first kappa shape index (κ1) is 9.67. The molecule has 0 radical (unpaired) electrons. The summed E-state index contributed by atoms with van der Waals surface area (Å²) >= 11 is 0. The SMILES string of the molecule is O=C1C(P(=O)(O)O)CCCN1O. The van der Waals surface area contributed by atoms with Gasteiger partial charge in [-0.15, -0.1) is 0 Å². The summed E-state index contributed by atoms with van der Waals surface area (Å²) in [4.78, 5) is 28.3. The number of carbonyl (C=O) groups is 1. The van der Waals surface area contributed by atoms with Crippen LogP contribution in [0.15, 0.2) is 0 Å². The lowest BCUT2D eigenvalue weighted by atomic mass is 10.1. The smallest absolute Gasteiger partial charge is 0.324 e. The van der Waals surface area contributed by atoms with Crippen molar-refractivity contribution in [2.75, 3.05) is 6.54 Å². The quantitative estimate of drug-likeness (QED) is 0.388. The summed E-state index contributed by atoms with van der Waals surface area (Å²) in [6, 6.07) is 0. The number of carbonyl (C=O) groups excluding carboxylic acids is 1. The summed E-state index contributed by atoms with van der Waals surface area (Å²) in [6.07, 6.45) is 0.554. The zero-order valence-corrected chi connectivity index (χ0v) is 7.15. The van der Waals surface area contributed by atoms with Crippen molar-refractivity contribution in [2.24, 2.45) is 0 Å². The minimum Gasteiger partial charge on any atom is -0.324 e. The second-order valence-electron chi connectivity index (χ2n) is 2.71. The first-order chi connectivity index (χ1) is 5.43. The molecule has 1 fully saturated rings. The van der Waals surface area contributed by atoms with Crippen molar-refractivity contribution in [3.63, 3.8) is 0 Å². The Kier molecular flexibility index (Phi) is 2.53. The summed E-state index contributed by atoms with van der Waals surface area (Å²) in [5.41, 5.74) is -1.35. The standard InChI is InChI=1S/C5H10NO5P/c7-5-4(12(9,10)11)2-1-3-6(5)8/h4,8H,1-3H2,(H2,9,10,11). The highest BCUT2D eigenvalue weighted by atomic mass is 31.2. The van der Waals surface area contributed by atoms with E-state index in [1.807, 2.05) is 0 Å². The molecule has 0 spiro atoms. The fourth-order valence-electron chi connectivity index (χ4n) is 1.15. The molecule has 0 aromatic heterocycles. The number of rotatable bonds is 1. The molecule has 3 N–H and O–H groups in total. The van der Waals surface area contributed by atoms with Gasteiger partial charge in [0.2, 0.25) is 0 Å². The summed E-state index contributed by atoms with van der Waals surface area (Å²) in [5, 5.41) is 9.22. The van der Waals surface area contributed by atoms with Crippen LogP contribution in [0.4, 0.5) is 0 Å². The van der Waals surface area contributed by atoms with Gasteiger partial charge in [-0.3, -0.25) is 14.6 Å². The van der Waals surface area contributed by atoms with E-state index in [1.165, 1.54) is 0 Å².